The number of rotatable bonds is 4. The van der Waals surface area contributed by atoms with Crippen molar-refractivity contribution in [2.45, 2.75) is 43.6 Å². The molecule has 0 aromatic carbocycles. The lowest BCUT2D eigenvalue weighted by molar-refractivity contribution is 0.565. The molecule has 1 atom stereocenters. The molecular weight excluding hydrogens is 218 g/mol. The highest BCUT2D eigenvalue weighted by atomic mass is 32.2. The first kappa shape index (κ1) is 12.3. The third-order valence-corrected chi connectivity index (χ3v) is 5.62. The summed E-state index contributed by atoms with van der Waals surface area (Å²) in [6, 6.07) is 0. The van der Waals surface area contributed by atoms with Gasteiger partial charge in [-0.25, -0.2) is 13.1 Å². The van der Waals surface area contributed by atoms with Crippen molar-refractivity contribution in [1.29, 1.82) is 0 Å². The molecular formula is C9H19NO2S2. The molecule has 0 amide bonds. The van der Waals surface area contributed by atoms with Gasteiger partial charge in [-0.05, 0) is 32.4 Å². The van der Waals surface area contributed by atoms with E-state index >= 15 is 0 Å². The molecule has 0 aromatic heterocycles. The van der Waals surface area contributed by atoms with Crippen LogP contribution >= 0.6 is 11.8 Å². The van der Waals surface area contributed by atoms with E-state index < -0.39 is 10.0 Å². The Morgan fingerprint density at radius 1 is 1.43 bits per heavy atom. The number of thioether (sulfide) groups is 1. The minimum atomic E-state index is -3.06. The summed E-state index contributed by atoms with van der Waals surface area (Å²) in [5.41, 5.74) is 0. The molecule has 0 radical (unpaired) electrons. The molecule has 0 saturated carbocycles. The molecule has 0 aliphatic carbocycles. The number of sulfonamides is 1. The first-order chi connectivity index (χ1) is 6.52. The van der Waals surface area contributed by atoms with Crippen LogP contribution in [-0.4, -0.2) is 31.2 Å². The van der Waals surface area contributed by atoms with Crippen LogP contribution in [0.5, 0.6) is 0 Å². The van der Waals surface area contributed by atoms with Crippen molar-refractivity contribution in [1.82, 2.24) is 4.72 Å². The number of hydrogen-bond donors (Lipinski definition) is 1. The Bertz CT molecular complexity index is 256. The van der Waals surface area contributed by atoms with Crippen LogP contribution in [0.3, 0.4) is 0 Å². The fraction of sp³-hybridized carbons (Fsp3) is 1.00. The van der Waals surface area contributed by atoms with Gasteiger partial charge in [-0.2, -0.15) is 11.8 Å². The third kappa shape index (κ3) is 3.79. The van der Waals surface area contributed by atoms with Gasteiger partial charge in [0.1, 0.15) is 0 Å². The Morgan fingerprint density at radius 3 is 2.64 bits per heavy atom. The second kappa shape index (κ2) is 5.37. The van der Waals surface area contributed by atoms with E-state index in [2.05, 4.69) is 4.72 Å². The van der Waals surface area contributed by atoms with E-state index in [4.69, 9.17) is 0 Å². The maximum Gasteiger partial charge on any atom is 0.213 e. The highest BCUT2D eigenvalue weighted by Gasteiger charge is 2.19. The van der Waals surface area contributed by atoms with Crippen molar-refractivity contribution in [2.75, 3.05) is 12.3 Å². The maximum absolute atomic E-state index is 11.5. The van der Waals surface area contributed by atoms with Crippen molar-refractivity contribution in [2.24, 2.45) is 0 Å². The summed E-state index contributed by atoms with van der Waals surface area (Å²) < 4.78 is 25.6. The average molecular weight is 237 g/mol. The molecule has 0 bridgehead atoms. The highest BCUT2D eigenvalue weighted by molar-refractivity contribution is 8.00. The predicted molar refractivity (Wildman–Crippen MR) is 62.2 cm³/mol. The van der Waals surface area contributed by atoms with Crippen molar-refractivity contribution < 1.29 is 8.42 Å². The van der Waals surface area contributed by atoms with Gasteiger partial charge in [0.2, 0.25) is 10.0 Å². The quantitative estimate of drug-likeness (QED) is 0.808. The van der Waals surface area contributed by atoms with E-state index in [-0.39, 0.29) is 5.25 Å². The zero-order valence-electron chi connectivity index (χ0n) is 8.82. The van der Waals surface area contributed by atoms with Crippen molar-refractivity contribution in [3.63, 3.8) is 0 Å². The van der Waals surface area contributed by atoms with E-state index in [1.807, 2.05) is 11.8 Å². The van der Waals surface area contributed by atoms with Crippen LogP contribution in [-0.2, 0) is 10.0 Å². The van der Waals surface area contributed by atoms with Crippen molar-refractivity contribution in [3.8, 4) is 0 Å². The van der Waals surface area contributed by atoms with E-state index in [9.17, 15) is 8.42 Å². The predicted octanol–water partition coefficient (Wildman–Crippen LogP) is 1.60. The summed E-state index contributed by atoms with van der Waals surface area (Å²) in [4.78, 5) is 0. The Labute approximate surface area is 91.1 Å². The SMILES string of the molecule is CC(C)S(=O)(=O)NCC1CCCCS1. The lowest BCUT2D eigenvalue weighted by Gasteiger charge is -2.21. The molecule has 0 spiro atoms. The molecule has 5 heteroatoms. The largest absolute Gasteiger partial charge is 0.214 e. The Kier molecular flexibility index (Phi) is 4.73. The molecule has 1 heterocycles. The van der Waals surface area contributed by atoms with E-state index in [0.29, 0.717) is 11.8 Å². The van der Waals surface area contributed by atoms with Gasteiger partial charge < -0.3 is 0 Å². The van der Waals surface area contributed by atoms with Gasteiger partial charge in [-0.15, -0.1) is 0 Å². The topological polar surface area (TPSA) is 46.2 Å². The van der Waals surface area contributed by atoms with Gasteiger partial charge in [0.15, 0.2) is 0 Å². The number of hydrogen-bond acceptors (Lipinski definition) is 3. The maximum atomic E-state index is 11.5. The summed E-state index contributed by atoms with van der Waals surface area (Å²) in [7, 11) is -3.06. The first-order valence-electron chi connectivity index (χ1n) is 5.12. The van der Waals surface area contributed by atoms with Gasteiger partial charge in [-0.1, -0.05) is 6.42 Å². The van der Waals surface area contributed by atoms with Gasteiger partial charge in [-0.3, -0.25) is 0 Å². The monoisotopic (exact) mass is 237 g/mol. The Balaban J connectivity index is 2.32. The van der Waals surface area contributed by atoms with Gasteiger partial charge >= 0.3 is 0 Å². The molecule has 1 saturated heterocycles. The van der Waals surface area contributed by atoms with Gasteiger partial charge in [0, 0.05) is 11.8 Å². The zero-order valence-corrected chi connectivity index (χ0v) is 10.5. The molecule has 3 nitrogen and oxygen atoms in total. The lowest BCUT2D eigenvalue weighted by Crippen LogP contribution is -2.36. The third-order valence-electron chi connectivity index (χ3n) is 2.41. The van der Waals surface area contributed by atoms with E-state index in [0.717, 1.165) is 6.42 Å². The van der Waals surface area contributed by atoms with Crippen LogP contribution in [0.15, 0.2) is 0 Å². The molecule has 84 valence electrons. The molecule has 14 heavy (non-hydrogen) atoms. The molecule has 1 unspecified atom stereocenters. The molecule has 1 rings (SSSR count). The fourth-order valence-electron chi connectivity index (χ4n) is 1.34. The summed E-state index contributed by atoms with van der Waals surface area (Å²) in [5.74, 6) is 1.17. The highest BCUT2D eigenvalue weighted by Crippen LogP contribution is 2.24. The summed E-state index contributed by atoms with van der Waals surface area (Å²) in [6.07, 6.45) is 3.66. The van der Waals surface area contributed by atoms with Crippen LogP contribution < -0.4 is 4.72 Å². The Hall–Kier alpha value is 0.260. The molecule has 1 N–H and O–H groups in total. The van der Waals surface area contributed by atoms with Gasteiger partial charge in [0.25, 0.3) is 0 Å². The minimum Gasteiger partial charge on any atom is -0.214 e. The van der Waals surface area contributed by atoms with Crippen molar-refractivity contribution >= 4 is 21.8 Å². The average Bonchev–Trinajstić information content (AvgIpc) is 2.16. The number of nitrogens with one attached hydrogen (secondary N) is 1. The van der Waals surface area contributed by atoms with E-state index in [1.54, 1.807) is 13.8 Å². The normalized spacial score (nSPS) is 24.1. The fourth-order valence-corrected chi connectivity index (χ4v) is 3.46. The summed E-state index contributed by atoms with van der Waals surface area (Å²) in [6.45, 7) is 4.01. The Morgan fingerprint density at radius 2 is 2.14 bits per heavy atom. The second-order valence-electron chi connectivity index (χ2n) is 3.93. The molecule has 1 fully saturated rings. The minimum absolute atomic E-state index is 0.323. The van der Waals surface area contributed by atoms with Crippen molar-refractivity contribution in [3.05, 3.63) is 0 Å². The second-order valence-corrected chi connectivity index (χ2v) is 7.66. The smallest absolute Gasteiger partial charge is 0.213 e. The zero-order chi connectivity index (χ0) is 10.6. The summed E-state index contributed by atoms with van der Waals surface area (Å²) >= 11 is 1.89. The van der Waals surface area contributed by atoms with E-state index in [1.165, 1.54) is 18.6 Å². The van der Waals surface area contributed by atoms with Crippen LogP contribution in [0.25, 0.3) is 0 Å². The lowest BCUT2D eigenvalue weighted by atomic mass is 10.2. The molecule has 0 aromatic rings. The van der Waals surface area contributed by atoms with Crippen LogP contribution in [0.2, 0.25) is 0 Å². The molecule has 1 aliphatic heterocycles. The summed E-state index contributed by atoms with van der Waals surface area (Å²) in [5, 5.41) is 0.161. The van der Waals surface area contributed by atoms with Crippen LogP contribution in [0.1, 0.15) is 33.1 Å². The standard InChI is InChI=1S/C9H19NO2S2/c1-8(2)14(11,12)10-7-9-5-3-4-6-13-9/h8-10H,3-7H2,1-2H3. The molecule has 1 aliphatic rings. The van der Waals surface area contributed by atoms with Crippen LogP contribution in [0.4, 0.5) is 0 Å². The van der Waals surface area contributed by atoms with Crippen LogP contribution in [0, 0.1) is 0 Å². The first-order valence-corrected chi connectivity index (χ1v) is 7.72. The van der Waals surface area contributed by atoms with Gasteiger partial charge in [0.05, 0.1) is 5.25 Å².